The van der Waals surface area contributed by atoms with Gasteiger partial charge in [0, 0.05) is 31.7 Å². The van der Waals surface area contributed by atoms with Gasteiger partial charge >= 0.3 is 0 Å². The van der Waals surface area contributed by atoms with Gasteiger partial charge in [-0.2, -0.15) is 0 Å². The van der Waals surface area contributed by atoms with E-state index in [1.807, 2.05) is 0 Å². The smallest absolute Gasteiger partial charge is 0.253 e. The molecule has 2 aliphatic heterocycles. The minimum atomic E-state index is -0.337. The Morgan fingerprint density at radius 1 is 1.08 bits per heavy atom. The van der Waals surface area contributed by atoms with E-state index in [-0.39, 0.29) is 17.1 Å². The Morgan fingerprint density at radius 2 is 1.71 bits per heavy atom. The van der Waals surface area contributed by atoms with Gasteiger partial charge in [0.15, 0.2) is 0 Å². The second-order valence-corrected chi connectivity index (χ2v) is 7.52. The fourth-order valence-electron chi connectivity index (χ4n) is 4.06. The SMILES string of the molecule is O=C(c1ccc(F)cc1)N1CCC2(CC1)CCN(CC1CC1)C2=O. The van der Waals surface area contributed by atoms with Crippen LogP contribution in [0.2, 0.25) is 0 Å². The van der Waals surface area contributed by atoms with Crippen LogP contribution in [0, 0.1) is 17.2 Å². The first kappa shape index (κ1) is 15.6. The van der Waals surface area contributed by atoms with Crippen LogP contribution in [0.15, 0.2) is 24.3 Å². The minimum Gasteiger partial charge on any atom is -0.342 e. The Labute approximate surface area is 141 Å². The van der Waals surface area contributed by atoms with Crippen molar-refractivity contribution >= 4 is 11.8 Å². The van der Waals surface area contributed by atoms with Crippen LogP contribution in [0.1, 0.15) is 42.5 Å². The van der Waals surface area contributed by atoms with Gasteiger partial charge in [-0.3, -0.25) is 9.59 Å². The van der Waals surface area contributed by atoms with Crippen molar-refractivity contribution in [3.63, 3.8) is 0 Å². The van der Waals surface area contributed by atoms with Crippen LogP contribution in [-0.4, -0.2) is 47.8 Å². The van der Waals surface area contributed by atoms with E-state index in [4.69, 9.17) is 0 Å². The lowest BCUT2D eigenvalue weighted by atomic mass is 9.77. The van der Waals surface area contributed by atoms with E-state index >= 15 is 0 Å². The number of carbonyl (C=O) groups is 2. The first-order chi connectivity index (χ1) is 11.6. The van der Waals surface area contributed by atoms with Gasteiger partial charge in [0.1, 0.15) is 5.82 Å². The Hall–Kier alpha value is -1.91. The molecule has 0 bridgehead atoms. The van der Waals surface area contributed by atoms with Gasteiger partial charge in [-0.05, 0) is 62.3 Å². The second-order valence-electron chi connectivity index (χ2n) is 7.52. The van der Waals surface area contributed by atoms with Crippen molar-refractivity contribution in [3.05, 3.63) is 35.6 Å². The lowest BCUT2D eigenvalue weighted by Gasteiger charge is -2.38. The number of carbonyl (C=O) groups excluding carboxylic acids is 2. The van der Waals surface area contributed by atoms with Gasteiger partial charge in [-0.15, -0.1) is 0 Å². The fraction of sp³-hybridized carbons (Fsp3) is 0.579. The van der Waals surface area contributed by atoms with E-state index in [9.17, 15) is 14.0 Å². The normalized spacial score (nSPS) is 23.1. The van der Waals surface area contributed by atoms with E-state index in [1.165, 1.54) is 37.1 Å². The summed E-state index contributed by atoms with van der Waals surface area (Å²) in [6.07, 6.45) is 4.95. The number of hydrogen-bond acceptors (Lipinski definition) is 2. The largest absolute Gasteiger partial charge is 0.342 e. The van der Waals surface area contributed by atoms with Crippen LogP contribution in [0.4, 0.5) is 4.39 Å². The number of hydrogen-bond donors (Lipinski definition) is 0. The second kappa shape index (κ2) is 5.87. The summed E-state index contributed by atoms with van der Waals surface area (Å²) in [5, 5.41) is 0. The number of halogens is 1. The summed E-state index contributed by atoms with van der Waals surface area (Å²) in [7, 11) is 0. The zero-order valence-electron chi connectivity index (χ0n) is 13.8. The van der Waals surface area contributed by atoms with Crippen molar-refractivity contribution in [3.8, 4) is 0 Å². The summed E-state index contributed by atoms with van der Waals surface area (Å²) in [6.45, 7) is 3.03. The van der Waals surface area contributed by atoms with Gasteiger partial charge in [0.25, 0.3) is 5.91 Å². The predicted molar refractivity (Wildman–Crippen MR) is 87.9 cm³/mol. The molecular formula is C19H23FN2O2. The standard InChI is InChI=1S/C19H23FN2O2/c20-16-5-3-15(4-6-16)17(23)21-10-7-19(8-11-21)9-12-22(18(19)24)13-14-1-2-14/h3-6,14H,1-2,7-13H2. The van der Waals surface area contributed by atoms with Crippen LogP contribution < -0.4 is 0 Å². The van der Waals surface area contributed by atoms with Crippen LogP contribution in [0.5, 0.6) is 0 Å². The molecule has 2 amide bonds. The van der Waals surface area contributed by atoms with E-state index in [0.29, 0.717) is 24.6 Å². The lowest BCUT2D eigenvalue weighted by molar-refractivity contribution is -0.138. The maximum atomic E-state index is 13.0. The lowest BCUT2D eigenvalue weighted by Crippen LogP contribution is -2.46. The molecule has 128 valence electrons. The van der Waals surface area contributed by atoms with Crippen LogP contribution in [0.25, 0.3) is 0 Å². The average molecular weight is 330 g/mol. The topological polar surface area (TPSA) is 40.6 Å². The number of nitrogens with zero attached hydrogens (tertiary/aromatic N) is 2. The van der Waals surface area contributed by atoms with Crippen molar-refractivity contribution in [2.45, 2.75) is 32.1 Å². The zero-order valence-corrected chi connectivity index (χ0v) is 13.8. The molecular weight excluding hydrogens is 307 g/mol. The summed E-state index contributed by atoms with van der Waals surface area (Å²) in [5.74, 6) is 0.633. The summed E-state index contributed by atoms with van der Waals surface area (Å²) >= 11 is 0. The molecule has 0 unspecified atom stereocenters. The highest BCUT2D eigenvalue weighted by Crippen LogP contribution is 2.43. The maximum absolute atomic E-state index is 13.0. The van der Waals surface area contributed by atoms with Gasteiger partial charge in [0.05, 0.1) is 5.41 Å². The first-order valence-electron chi connectivity index (χ1n) is 8.92. The molecule has 1 aromatic carbocycles. The van der Waals surface area contributed by atoms with Crippen molar-refractivity contribution < 1.29 is 14.0 Å². The molecule has 4 rings (SSSR count). The molecule has 1 aromatic rings. The quantitative estimate of drug-likeness (QED) is 0.855. The summed E-state index contributed by atoms with van der Waals surface area (Å²) < 4.78 is 13.0. The zero-order chi connectivity index (χ0) is 16.7. The van der Waals surface area contributed by atoms with Gasteiger partial charge in [0.2, 0.25) is 5.91 Å². The Kier molecular flexibility index (Phi) is 3.82. The molecule has 5 heteroatoms. The van der Waals surface area contributed by atoms with E-state index in [0.717, 1.165) is 38.3 Å². The third-order valence-electron chi connectivity index (χ3n) is 5.88. The highest BCUT2D eigenvalue weighted by molar-refractivity contribution is 5.94. The molecule has 1 saturated carbocycles. The number of rotatable bonds is 3. The summed E-state index contributed by atoms with van der Waals surface area (Å²) in [4.78, 5) is 29.2. The molecule has 2 heterocycles. The van der Waals surface area contributed by atoms with Gasteiger partial charge < -0.3 is 9.80 Å². The maximum Gasteiger partial charge on any atom is 0.253 e. The number of amides is 2. The molecule has 1 spiro atoms. The molecule has 2 saturated heterocycles. The highest BCUT2D eigenvalue weighted by atomic mass is 19.1. The van der Waals surface area contributed by atoms with E-state index < -0.39 is 0 Å². The monoisotopic (exact) mass is 330 g/mol. The Balaban J connectivity index is 1.38. The first-order valence-corrected chi connectivity index (χ1v) is 8.92. The van der Waals surface area contributed by atoms with Gasteiger partial charge in [-0.25, -0.2) is 4.39 Å². The van der Waals surface area contributed by atoms with Crippen molar-refractivity contribution in [2.75, 3.05) is 26.2 Å². The van der Waals surface area contributed by atoms with Gasteiger partial charge in [-0.1, -0.05) is 0 Å². The molecule has 0 aromatic heterocycles. The Bertz CT molecular complexity index is 646. The van der Waals surface area contributed by atoms with Crippen LogP contribution >= 0.6 is 0 Å². The molecule has 24 heavy (non-hydrogen) atoms. The number of benzene rings is 1. The fourth-order valence-corrected chi connectivity index (χ4v) is 4.06. The highest BCUT2D eigenvalue weighted by Gasteiger charge is 2.49. The van der Waals surface area contributed by atoms with Crippen molar-refractivity contribution in [1.82, 2.24) is 9.80 Å². The molecule has 3 aliphatic rings. The number of piperidine rings is 1. The average Bonchev–Trinajstić information content (AvgIpc) is 3.37. The van der Waals surface area contributed by atoms with E-state index in [1.54, 1.807) is 4.90 Å². The molecule has 3 fully saturated rings. The molecule has 0 radical (unpaired) electrons. The minimum absolute atomic E-state index is 0.0647. The van der Waals surface area contributed by atoms with Crippen LogP contribution in [0.3, 0.4) is 0 Å². The van der Waals surface area contributed by atoms with Crippen molar-refractivity contribution in [1.29, 1.82) is 0 Å². The molecule has 4 nitrogen and oxygen atoms in total. The number of likely N-dealkylation sites (tertiary alicyclic amines) is 2. The third kappa shape index (κ3) is 2.80. The summed E-state index contributed by atoms with van der Waals surface area (Å²) in [5.41, 5.74) is 0.273. The van der Waals surface area contributed by atoms with Crippen LogP contribution in [-0.2, 0) is 4.79 Å². The molecule has 1 aliphatic carbocycles. The Morgan fingerprint density at radius 3 is 2.33 bits per heavy atom. The molecule has 0 N–H and O–H groups in total. The predicted octanol–water partition coefficient (Wildman–Crippen LogP) is 2.69. The van der Waals surface area contributed by atoms with E-state index in [2.05, 4.69) is 4.90 Å². The molecule has 0 atom stereocenters. The van der Waals surface area contributed by atoms with Crippen molar-refractivity contribution in [2.24, 2.45) is 11.3 Å². The summed E-state index contributed by atoms with van der Waals surface area (Å²) in [6, 6.07) is 5.68. The third-order valence-corrected chi connectivity index (χ3v) is 5.88.